The first-order valence-corrected chi connectivity index (χ1v) is 4.15. The van der Waals surface area contributed by atoms with Crippen LogP contribution in [0.4, 0.5) is 10.5 Å². The molecule has 0 spiro atoms. The monoisotopic (exact) mass is 213 g/mol. The van der Waals surface area contributed by atoms with Gasteiger partial charge in [0.2, 0.25) is 0 Å². The molecule has 0 unspecified atom stereocenters. The van der Waals surface area contributed by atoms with Crippen LogP contribution in [0.2, 0.25) is 5.02 Å². The number of aldehydes is 1. The fourth-order valence-electron chi connectivity index (χ4n) is 0.901. The van der Waals surface area contributed by atoms with Crippen LogP contribution in [0.15, 0.2) is 18.2 Å². The SMILES string of the molecule is COC(=O)Nc1cc(Cl)ccc1C=O. The van der Waals surface area contributed by atoms with E-state index in [0.717, 1.165) is 0 Å². The van der Waals surface area contributed by atoms with Gasteiger partial charge in [-0.1, -0.05) is 11.6 Å². The summed E-state index contributed by atoms with van der Waals surface area (Å²) in [7, 11) is 1.24. The van der Waals surface area contributed by atoms with Crippen molar-refractivity contribution in [1.29, 1.82) is 0 Å². The molecule has 0 radical (unpaired) electrons. The minimum Gasteiger partial charge on any atom is -0.453 e. The van der Waals surface area contributed by atoms with Crippen molar-refractivity contribution in [2.24, 2.45) is 0 Å². The van der Waals surface area contributed by atoms with Crippen molar-refractivity contribution in [3.63, 3.8) is 0 Å². The second kappa shape index (κ2) is 4.62. The van der Waals surface area contributed by atoms with Gasteiger partial charge in [0.05, 0.1) is 12.8 Å². The van der Waals surface area contributed by atoms with Gasteiger partial charge in [0, 0.05) is 10.6 Å². The molecule has 0 fully saturated rings. The molecule has 74 valence electrons. The van der Waals surface area contributed by atoms with Crippen molar-refractivity contribution >= 4 is 29.7 Å². The molecule has 0 saturated heterocycles. The number of amides is 1. The highest BCUT2D eigenvalue weighted by Crippen LogP contribution is 2.19. The summed E-state index contributed by atoms with van der Waals surface area (Å²) in [5.74, 6) is 0. The van der Waals surface area contributed by atoms with Gasteiger partial charge < -0.3 is 4.74 Å². The Hall–Kier alpha value is -1.55. The first-order chi connectivity index (χ1) is 6.67. The van der Waals surface area contributed by atoms with Gasteiger partial charge in [-0.05, 0) is 18.2 Å². The number of anilines is 1. The van der Waals surface area contributed by atoms with Gasteiger partial charge in [-0.3, -0.25) is 10.1 Å². The van der Waals surface area contributed by atoms with Crippen molar-refractivity contribution in [2.45, 2.75) is 0 Å². The maximum absolute atomic E-state index is 10.9. The van der Waals surface area contributed by atoms with E-state index >= 15 is 0 Å². The highest BCUT2D eigenvalue weighted by molar-refractivity contribution is 6.31. The molecule has 14 heavy (non-hydrogen) atoms. The lowest BCUT2D eigenvalue weighted by molar-refractivity contribution is 0.112. The van der Waals surface area contributed by atoms with Gasteiger partial charge in [0.25, 0.3) is 0 Å². The van der Waals surface area contributed by atoms with E-state index in [1.165, 1.54) is 19.2 Å². The average molecular weight is 214 g/mol. The largest absolute Gasteiger partial charge is 0.453 e. The van der Waals surface area contributed by atoms with Gasteiger partial charge in [0.15, 0.2) is 6.29 Å². The maximum atomic E-state index is 10.9. The number of hydrogen-bond donors (Lipinski definition) is 1. The molecule has 1 N–H and O–H groups in total. The van der Waals surface area contributed by atoms with E-state index in [1.807, 2.05) is 0 Å². The van der Waals surface area contributed by atoms with E-state index in [0.29, 0.717) is 22.6 Å². The van der Waals surface area contributed by atoms with Crippen LogP contribution < -0.4 is 5.32 Å². The van der Waals surface area contributed by atoms with Crippen molar-refractivity contribution in [1.82, 2.24) is 0 Å². The lowest BCUT2D eigenvalue weighted by Gasteiger charge is -2.06. The molecule has 0 bridgehead atoms. The molecule has 0 aromatic heterocycles. The first-order valence-electron chi connectivity index (χ1n) is 3.77. The van der Waals surface area contributed by atoms with Crippen molar-refractivity contribution < 1.29 is 14.3 Å². The van der Waals surface area contributed by atoms with Gasteiger partial charge in [-0.25, -0.2) is 4.79 Å². The zero-order valence-electron chi connectivity index (χ0n) is 7.41. The molecule has 0 aliphatic rings. The number of halogens is 1. The Morgan fingerprint density at radius 1 is 1.57 bits per heavy atom. The van der Waals surface area contributed by atoms with E-state index in [-0.39, 0.29) is 0 Å². The van der Waals surface area contributed by atoms with Crippen LogP contribution in [0.3, 0.4) is 0 Å². The molecule has 1 amide bonds. The van der Waals surface area contributed by atoms with Crippen LogP contribution in [0.1, 0.15) is 10.4 Å². The Bertz CT molecular complexity index is 365. The minimum absolute atomic E-state index is 0.333. The standard InChI is InChI=1S/C9H8ClNO3/c1-14-9(13)11-8-4-7(10)3-2-6(8)5-12/h2-5H,1H3,(H,11,13). The maximum Gasteiger partial charge on any atom is 0.411 e. The third kappa shape index (κ3) is 2.47. The Morgan fingerprint density at radius 2 is 2.29 bits per heavy atom. The molecule has 4 nitrogen and oxygen atoms in total. The second-order valence-corrected chi connectivity index (χ2v) is 2.90. The molecule has 5 heteroatoms. The van der Waals surface area contributed by atoms with Gasteiger partial charge in [-0.2, -0.15) is 0 Å². The number of carbonyl (C=O) groups is 2. The summed E-state index contributed by atoms with van der Waals surface area (Å²) >= 11 is 5.69. The Balaban J connectivity index is 2.98. The lowest BCUT2D eigenvalue weighted by atomic mass is 10.2. The molecule has 0 atom stereocenters. The summed E-state index contributed by atoms with van der Waals surface area (Å²) in [4.78, 5) is 21.4. The number of rotatable bonds is 2. The number of carbonyl (C=O) groups excluding carboxylic acids is 2. The van der Waals surface area contributed by atoms with E-state index in [1.54, 1.807) is 6.07 Å². The summed E-state index contributed by atoms with van der Waals surface area (Å²) < 4.78 is 4.38. The smallest absolute Gasteiger partial charge is 0.411 e. The zero-order chi connectivity index (χ0) is 10.6. The van der Waals surface area contributed by atoms with Crippen molar-refractivity contribution in [3.8, 4) is 0 Å². The topological polar surface area (TPSA) is 55.4 Å². The van der Waals surface area contributed by atoms with E-state index in [4.69, 9.17) is 11.6 Å². The number of benzene rings is 1. The Morgan fingerprint density at radius 3 is 2.86 bits per heavy atom. The molecule has 1 aromatic carbocycles. The van der Waals surface area contributed by atoms with Gasteiger partial charge >= 0.3 is 6.09 Å². The van der Waals surface area contributed by atoms with Crippen LogP contribution in [0.5, 0.6) is 0 Å². The summed E-state index contributed by atoms with van der Waals surface area (Å²) in [6.45, 7) is 0. The molecule has 0 aliphatic heterocycles. The summed E-state index contributed by atoms with van der Waals surface area (Å²) in [6, 6.07) is 4.55. The third-order valence-corrected chi connectivity index (χ3v) is 1.80. The summed E-state index contributed by atoms with van der Waals surface area (Å²) in [5, 5.41) is 2.81. The quantitative estimate of drug-likeness (QED) is 0.768. The molecule has 1 rings (SSSR count). The number of ether oxygens (including phenoxy) is 1. The molecule has 1 aromatic rings. The predicted octanol–water partition coefficient (Wildman–Crippen LogP) is 2.33. The van der Waals surface area contributed by atoms with E-state index < -0.39 is 6.09 Å². The Kier molecular flexibility index (Phi) is 3.48. The van der Waals surface area contributed by atoms with Crippen LogP contribution in [-0.4, -0.2) is 19.5 Å². The summed E-state index contributed by atoms with van der Waals surface area (Å²) in [6.07, 6.45) is -0.0166. The highest BCUT2D eigenvalue weighted by atomic mass is 35.5. The van der Waals surface area contributed by atoms with Crippen molar-refractivity contribution in [2.75, 3.05) is 12.4 Å². The van der Waals surface area contributed by atoms with E-state index in [9.17, 15) is 9.59 Å². The predicted molar refractivity (Wildman–Crippen MR) is 52.9 cm³/mol. The molecule has 0 heterocycles. The average Bonchev–Trinajstić information content (AvgIpc) is 2.18. The molecular formula is C9H8ClNO3. The normalized spacial score (nSPS) is 9.29. The summed E-state index contributed by atoms with van der Waals surface area (Å²) in [5.41, 5.74) is 0.680. The van der Waals surface area contributed by atoms with Crippen LogP contribution in [0, 0.1) is 0 Å². The fraction of sp³-hybridized carbons (Fsp3) is 0.111. The third-order valence-electron chi connectivity index (χ3n) is 1.56. The first kappa shape index (κ1) is 10.5. The van der Waals surface area contributed by atoms with Gasteiger partial charge in [-0.15, -0.1) is 0 Å². The second-order valence-electron chi connectivity index (χ2n) is 2.47. The number of nitrogens with one attached hydrogen (secondary N) is 1. The highest BCUT2D eigenvalue weighted by Gasteiger charge is 2.06. The molecular weight excluding hydrogens is 206 g/mol. The molecule has 0 aliphatic carbocycles. The van der Waals surface area contributed by atoms with Crippen molar-refractivity contribution in [3.05, 3.63) is 28.8 Å². The minimum atomic E-state index is -0.643. The zero-order valence-corrected chi connectivity index (χ0v) is 8.17. The van der Waals surface area contributed by atoms with Crippen LogP contribution in [-0.2, 0) is 4.74 Å². The fourth-order valence-corrected chi connectivity index (χ4v) is 1.07. The van der Waals surface area contributed by atoms with Crippen LogP contribution >= 0.6 is 11.6 Å². The molecule has 0 saturated carbocycles. The van der Waals surface area contributed by atoms with Gasteiger partial charge in [0.1, 0.15) is 0 Å². The number of methoxy groups -OCH3 is 1. The number of hydrogen-bond acceptors (Lipinski definition) is 3. The van der Waals surface area contributed by atoms with Crippen LogP contribution in [0.25, 0.3) is 0 Å². The van der Waals surface area contributed by atoms with E-state index in [2.05, 4.69) is 10.1 Å². The Labute approximate surface area is 85.8 Å². The lowest BCUT2D eigenvalue weighted by Crippen LogP contribution is -2.12.